The van der Waals surface area contributed by atoms with Crippen LogP contribution in [0.2, 0.25) is 0 Å². The quantitative estimate of drug-likeness (QED) is 0.820. The molecule has 0 spiro atoms. The van der Waals surface area contributed by atoms with Crippen molar-refractivity contribution in [2.24, 2.45) is 0 Å². The van der Waals surface area contributed by atoms with Gasteiger partial charge in [-0.15, -0.1) is 0 Å². The molecule has 1 N–H and O–H groups in total. The average molecular weight is 243 g/mol. The predicted octanol–water partition coefficient (Wildman–Crippen LogP) is 2.02. The fourth-order valence-electron chi connectivity index (χ4n) is 1.77. The molecule has 6 heteroatoms. The molecule has 1 aromatic rings. The van der Waals surface area contributed by atoms with Gasteiger partial charge in [-0.2, -0.15) is 0 Å². The number of hydrogen-bond acceptors (Lipinski definition) is 2. The third-order valence-electron chi connectivity index (χ3n) is 2.65. The summed E-state index contributed by atoms with van der Waals surface area (Å²) in [6.07, 6.45) is -1.75. The van der Waals surface area contributed by atoms with Gasteiger partial charge in [0.15, 0.2) is 0 Å². The third-order valence-corrected chi connectivity index (χ3v) is 2.65. The van der Waals surface area contributed by atoms with Crippen LogP contribution in [0.15, 0.2) is 18.2 Å². The van der Waals surface area contributed by atoms with E-state index in [4.69, 9.17) is 9.84 Å². The van der Waals surface area contributed by atoms with Gasteiger partial charge >= 0.3 is 6.09 Å². The summed E-state index contributed by atoms with van der Waals surface area (Å²) < 4.78 is 31.5. The molecule has 1 aliphatic rings. The maximum Gasteiger partial charge on any atom is 0.407 e. The molecule has 0 bridgehead atoms. The van der Waals surface area contributed by atoms with Gasteiger partial charge in [0, 0.05) is 18.2 Å². The summed E-state index contributed by atoms with van der Waals surface area (Å²) in [6, 6.07) is 3.17. The molecular formula is C11H11F2NO3. The number of rotatable bonds is 1. The molecule has 1 aromatic carbocycles. The Labute approximate surface area is 96.4 Å². The molecule has 4 nitrogen and oxygen atoms in total. The monoisotopic (exact) mass is 243 g/mol. The second kappa shape index (κ2) is 4.67. The first-order valence-corrected chi connectivity index (χ1v) is 5.12. The average Bonchev–Trinajstić information content (AvgIpc) is 2.29. The topological polar surface area (TPSA) is 49.8 Å². The maximum atomic E-state index is 13.5. The summed E-state index contributed by atoms with van der Waals surface area (Å²) in [6.45, 7) is 0.514. The van der Waals surface area contributed by atoms with Crippen LogP contribution in [0.4, 0.5) is 13.6 Å². The van der Waals surface area contributed by atoms with Crippen LogP contribution in [0.5, 0.6) is 0 Å². The molecule has 1 aliphatic heterocycles. The van der Waals surface area contributed by atoms with Crippen molar-refractivity contribution in [1.29, 1.82) is 0 Å². The van der Waals surface area contributed by atoms with Crippen molar-refractivity contribution in [1.82, 2.24) is 4.90 Å². The van der Waals surface area contributed by atoms with Crippen molar-refractivity contribution >= 4 is 6.09 Å². The Morgan fingerprint density at radius 2 is 2.24 bits per heavy atom. The van der Waals surface area contributed by atoms with Gasteiger partial charge in [-0.25, -0.2) is 13.6 Å². The number of morpholine rings is 1. The van der Waals surface area contributed by atoms with Crippen LogP contribution in [-0.4, -0.2) is 35.8 Å². The summed E-state index contributed by atoms with van der Waals surface area (Å²) in [5.74, 6) is -1.39. The lowest BCUT2D eigenvalue weighted by atomic mass is 10.1. The third kappa shape index (κ3) is 2.52. The highest BCUT2D eigenvalue weighted by atomic mass is 19.1. The molecule has 17 heavy (non-hydrogen) atoms. The van der Waals surface area contributed by atoms with Gasteiger partial charge in [-0.3, -0.25) is 0 Å². The zero-order chi connectivity index (χ0) is 12.4. The number of nitrogens with zero attached hydrogens (tertiary/aromatic N) is 1. The van der Waals surface area contributed by atoms with Crippen LogP contribution in [0, 0.1) is 11.6 Å². The van der Waals surface area contributed by atoms with E-state index in [0.717, 1.165) is 17.0 Å². The summed E-state index contributed by atoms with van der Waals surface area (Å²) in [5.41, 5.74) is 0.178. The van der Waals surface area contributed by atoms with E-state index in [-0.39, 0.29) is 25.3 Å². The minimum Gasteiger partial charge on any atom is -0.465 e. The van der Waals surface area contributed by atoms with E-state index in [1.165, 1.54) is 6.07 Å². The van der Waals surface area contributed by atoms with Gasteiger partial charge in [-0.05, 0) is 6.07 Å². The number of hydrogen-bond donors (Lipinski definition) is 1. The molecule has 0 radical (unpaired) electrons. The van der Waals surface area contributed by atoms with Crippen LogP contribution < -0.4 is 0 Å². The fraction of sp³-hybridized carbons (Fsp3) is 0.364. The number of carbonyl (C=O) groups is 1. The highest BCUT2D eigenvalue weighted by Crippen LogP contribution is 2.25. The molecule has 1 saturated heterocycles. The Bertz CT molecular complexity index is 439. The van der Waals surface area contributed by atoms with E-state index in [1.54, 1.807) is 0 Å². The highest BCUT2D eigenvalue weighted by molar-refractivity contribution is 5.65. The van der Waals surface area contributed by atoms with Gasteiger partial charge < -0.3 is 14.7 Å². The summed E-state index contributed by atoms with van der Waals surface area (Å²) >= 11 is 0. The van der Waals surface area contributed by atoms with Crippen molar-refractivity contribution in [2.75, 3.05) is 19.7 Å². The van der Waals surface area contributed by atoms with Crippen molar-refractivity contribution in [3.63, 3.8) is 0 Å². The number of carboxylic acid groups (broad SMARTS) is 1. The number of amides is 1. The lowest BCUT2D eigenvalue weighted by Crippen LogP contribution is -2.41. The Balaban J connectivity index is 2.19. The first kappa shape index (κ1) is 11.8. The van der Waals surface area contributed by atoms with Crippen LogP contribution in [0.1, 0.15) is 11.7 Å². The maximum absolute atomic E-state index is 13.5. The van der Waals surface area contributed by atoms with Crippen molar-refractivity contribution in [3.05, 3.63) is 35.4 Å². The van der Waals surface area contributed by atoms with Crippen LogP contribution in [0.3, 0.4) is 0 Å². The van der Waals surface area contributed by atoms with E-state index >= 15 is 0 Å². The Kier molecular flexibility index (Phi) is 3.23. The molecule has 0 aliphatic carbocycles. The smallest absolute Gasteiger partial charge is 0.407 e. The summed E-state index contributed by atoms with van der Waals surface area (Å²) in [4.78, 5) is 11.9. The van der Waals surface area contributed by atoms with Crippen molar-refractivity contribution < 1.29 is 23.4 Å². The molecule has 1 unspecified atom stereocenters. The Hall–Kier alpha value is -1.69. The Morgan fingerprint density at radius 3 is 2.88 bits per heavy atom. The van der Waals surface area contributed by atoms with Crippen molar-refractivity contribution in [2.45, 2.75) is 6.10 Å². The molecule has 2 rings (SSSR count). The molecule has 92 valence electrons. The minimum absolute atomic E-state index is 0.0535. The van der Waals surface area contributed by atoms with Crippen molar-refractivity contribution in [3.8, 4) is 0 Å². The molecule has 0 aromatic heterocycles. The first-order valence-electron chi connectivity index (χ1n) is 5.12. The molecule has 1 heterocycles. The molecule has 1 amide bonds. The van der Waals surface area contributed by atoms with Crippen LogP contribution >= 0.6 is 0 Å². The van der Waals surface area contributed by atoms with E-state index in [1.807, 2.05) is 0 Å². The number of halogens is 2. The van der Waals surface area contributed by atoms with E-state index in [2.05, 4.69) is 0 Å². The van der Waals surface area contributed by atoms with Crippen LogP contribution in [-0.2, 0) is 4.74 Å². The first-order chi connectivity index (χ1) is 8.08. The summed E-state index contributed by atoms with van der Waals surface area (Å²) in [5, 5.41) is 8.83. The normalized spacial score (nSPS) is 20.4. The lowest BCUT2D eigenvalue weighted by Gasteiger charge is -2.31. The second-order valence-electron chi connectivity index (χ2n) is 3.75. The molecule has 1 atom stereocenters. The lowest BCUT2D eigenvalue weighted by molar-refractivity contribution is -0.0248. The highest BCUT2D eigenvalue weighted by Gasteiger charge is 2.26. The number of ether oxygens (including phenoxy) is 1. The SMILES string of the molecule is O=C(O)N1CCOC(c2ccc(F)cc2F)C1. The minimum atomic E-state index is -1.07. The Morgan fingerprint density at radius 1 is 1.47 bits per heavy atom. The van der Waals surface area contributed by atoms with Gasteiger partial charge in [0.25, 0.3) is 0 Å². The largest absolute Gasteiger partial charge is 0.465 e. The predicted molar refractivity (Wildman–Crippen MR) is 54.6 cm³/mol. The molecular weight excluding hydrogens is 232 g/mol. The van der Waals surface area contributed by atoms with E-state index in [9.17, 15) is 13.6 Å². The zero-order valence-electron chi connectivity index (χ0n) is 8.90. The molecule has 0 saturated carbocycles. The standard InChI is InChI=1S/C11H11F2NO3/c12-7-1-2-8(9(13)5-7)10-6-14(11(15)16)3-4-17-10/h1-2,5,10H,3-4,6H2,(H,15,16). The van der Waals surface area contributed by atoms with Crippen LogP contribution in [0.25, 0.3) is 0 Å². The zero-order valence-corrected chi connectivity index (χ0v) is 8.90. The van der Waals surface area contributed by atoms with Gasteiger partial charge in [0.1, 0.15) is 17.7 Å². The number of benzene rings is 1. The molecule has 1 fully saturated rings. The second-order valence-corrected chi connectivity index (χ2v) is 3.75. The van der Waals surface area contributed by atoms with Gasteiger partial charge in [0.05, 0.1) is 13.2 Å². The van der Waals surface area contributed by atoms with E-state index in [0.29, 0.717) is 0 Å². The summed E-state index contributed by atoms with van der Waals surface area (Å²) in [7, 11) is 0. The van der Waals surface area contributed by atoms with Gasteiger partial charge in [-0.1, -0.05) is 6.07 Å². The van der Waals surface area contributed by atoms with E-state index < -0.39 is 23.8 Å². The van der Waals surface area contributed by atoms with Gasteiger partial charge in [0.2, 0.25) is 0 Å². The fourth-order valence-corrected chi connectivity index (χ4v) is 1.77.